The zero-order valence-corrected chi connectivity index (χ0v) is 28.3. The molecule has 1 heterocycles. The molecule has 0 unspecified atom stereocenters. The molecule has 49 heavy (non-hydrogen) atoms. The lowest BCUT2D eigenvalue weighted by Crippen LogP contribution is -2.60. The Labute approximate surface area is 286 Å². The van der Waals surface area contributed by atoms with Gasteiger partial charge in [0.1, 0.15) is 11.6 Å². The predicted molar refractivity (Wildman–Crippen MR) is 182 cm³/mol. The normalized spacial score (nSPS) is 18.8. The molecule has 0 aromatic heterocycles. The van der Waals surface area contributed by atoms with Crippen LogP contribution >= 0.6 is 0 Å². The van der Waals surface area contributed by atoms with Crippen LogP contribution in [-0.4, -0.2) is 64.5 Å². The Hall–Kier alpha value is -4.22. The number of hydrogen-bond donors (Lipinski definition) is 4. The van der Waals surface area contributed by atoms with E-state index < -0.39 is 41.4 Å². The lowest BCUT2D eigenvalue weighted by Gasteiger charge is -2.36. The van der Waals surface area contributed by atoms with E-state index in [0.29, 0.717) is 31.2 Å². The zero-order chi connectivity index (χ0) is 35.6. The van der Waals surface area contributed by atoms with Crippen molar-refractivity contribution in [2.45, 2.75) is 89.3 Å². The maximum absolute atomic E-state index is 14.3. The Morgan fingerprint density at radius 1 is 0.959 bits per heavy atom. The summed E-state index contributed by atoms with van der Waals surface area (Å²) in [4.78, 5) is 42.3. The number of amides is 3. The molecular weight excluding hydrogens is 633 g/mol. The van der Waals surface area contributed by atoms with Gasteiger partial charge in [-0.1, -0.05) is 99.1 Å². The molecule has 1 fully saturated rings. The molecule has 5 atom stereocenters. The van der Waals surface area contributed by atoms with E-state index >= 15 is 0 Å². The first-order chi connectivity index (χ1) is 23.3. The summed E-state index contributed by atoms with van der Waals surface area (Å²) in [5, 5.41) is 20.4. The minimum absolute atomic E-state index is 0.00892. The van der Waals surface area contributed by atoms with E-state index in [1.54, 1.807) is 11.0 Å². The molecule has 1 aliphatic heterocycles. The topological polar surface area (TPSA) is 111 Å². The van der Waals surface area contributed by atoms with Crippen molar-refractivity contribution in [1.29, 1.82) is 0 Å². The van der Waals surface area contributed by atoms with Crippen LogP contribution in [-0.2, 0) is 39.9 Å². The molecule has 3 aromatic carbocycles. The number of nitrogens with one attached hydrogen (secondary N) is 3. The number of rotatable bonds is 16. The second kappa shape index (κ2) is 16.9. The third-order valence-electron chi connectivity index (χ3n) is 9.50. The van der Waals surface area contributed by atoms with Gasteiger partial charge in [0.05, 0.1) is 17.7 Å². The van der Waals surface area contributed by atoms with E-state index in [9.17, 15) is 32.7 Å². The van der Waals surface area contributed by atoms with E-state index in [-0.39, 0.29) is 43.8 Å². The highest BCUT2D eigenvalue weighted by atomic mass is 19.4. The summed E-state index contributed by atoms with van der Waals surface area (Å²) >= 11 is 0. The number of aryl methyl sites for hydroxylation is 1. The molecular formula is C38H47F3N4O4. The highest BCUT2D eigenvalue weighted by Crippen LogP contribution is 2.35. The van der Waals surface area contributed by atoms with Crippen molar-refractivity contribution < 1.29 is 32.7 Å². The first-order valence-corrected chi connectivity index (χ1v) is 16.9. The van der Waals surface area contributed by atoms with Crippen LogP contribution in [0.4, 0.5) is 13.2 Å². The van der Waals surface area contributed by atoms with Crippen molar-refractivity contribution >= 4 is 17.7 Å². The van der Waals surface area contributed by atoms with Crippen molar-refractivity contribution in [3.05, 3.63) is 107 Å². The summed E-state index contributed by atoms with van der Waals surface area (Å²) < 4.78 is 39.7. The van der Waals surface area contributed by atoms with Gasteiger partial charge in [-0.25, -0.2) is 0 Å². The first-order valence-electron chi connectivity index (χ1n) is 16.9. The summed E-state index contributed by atoms with van der Waals surface area (Å²) in [7, 11) is 0. The van der Waals surface area contributed by atoms with Crippen LogP contribution in [0.2, 0.25) is 0 Å². The Morgan fingerprint density at radius 3 is 2.20 bits per heavy atom. The van der Waals surface area contributed by atoms with Gasteiger partial charge in [-0.15, -0.1) is 0 Å². The monoisotopic (exact) mass is 680 g/mol. The molecule has 3 aromatic rings. The zero-order valence-electron chi connectivity index (χ0n) is 28.3. The highest BCUT2D eigenvalue weighted by Gasteiger charge is 2.53. The molecule has 8 nitrogen and oxygen atoms in total. The number of alkyl halides is 3. The van der Waals surface area contributed by atoms with Crippen molar-refractivity contribution in [2.24, 2.45) is 5.92 Å². The maximum atomic E-state index is 14.3. The number of nitrogens with zero attached hydrogens (tertiary/aromatic N) is 1. The number of hydrogen-bond acceptors (Lipinski definition) is 5. The number of likely N-dealkylation sites (tertiary alicyclic amines) is 1. The van der Waals surface area contributed by atoms with E-state index in [0.717, 1.165) is 23.3 Å². The van der Waals surface area contributed by atoms with Crippen LogP contribution in [0.3, 0.4) is 0 Å². The average molecular weight is 681 g/mol. The molecule has 0 spiro atoms. The molecule has 1 saturated heterocycles. The van der Waals surface area contributed by atoms with Crippen LogP contribution in [0.5, 0.6) is 0 Å². The lowest BCUT2D eigenvalue weighted by molar-refractivity contribution is -0.144. The molecule has 0 aliphatic carbocycles. The fourth-order valence-corrected chi connectivity index (χ4v) is 6.59. The van der Waals surface area contributed by atoms with Gasteiger partial charge in [-0.05, 0) is 54.4 Å². The summed E-state index contributed by atoms with van der Waals surface area (Å²) in [6.45, 7) is 5.62. The minimum atomic E-state index is -4.47. The van der Waals surface area contributed by atoms with E-state index in [1.165, 1.54) is 13.0 Å². The highest BCUT2D eigenvalue weighted by molar-refractivity contribution is 5.96. The number of benzene rings is 3. The van der Waals surface area contributed by atoms with Crippen LogP contribution in [0.25, 0.3) is 0 Å². The van der Waals surface area contributed by atoms with Gasteiger partial charge in [0, 0.05) is 26.6 Å². The van der Waals surface area contributed by atoms with Crippen molar-refractivity contribution in [1.82, 2.24) is 20.9 Å². The average Bonchev–Trinajstić information content (AvgIpc) is 3.40. The van der Waals surface area contributed by atoms with Gasteiger partial charge in [0.25, 0.3) is 0 Å². The maximum Gasteiger partial charge on any atom is 0.416 e. The number of aliphatic hydroxyl groups is 1. The van der Waals surface area contributed by atoms with Crippen molar-refractivity contribution in [3.8, 4) is 0 Å². The number of halogens is 3. The van der Waals surface area contributed by atoms with Crippen LogP contribution < -0.4 is 16.0 Å². The summed E-state index contributed by atoms with van der Waals surface area (Å²) in [5.41, 5.74) is 0.395. The largest absolute Gasteiger partial charge is 0.416 e. The lowest BCUT2D eigenvalue weighted by atomic mass is 9.81. The molecule has 0 saturated carbocycles. The Bertz CT molecular complexity index is 1540. The predicted octanol–water partition coefficient (Wildman–Crippen LogP) is 5.04. The van der Waals surface area contributed by atoms with E-state index in [4.69, 9.17) is 0 Å². The first kappa shape index (κ1) is 37.6. The fraction of sp³-hybridized carbons (Fsp3) is 0.447. The van der Waals surface area contributed by atoms with Crippen LogP contribution in [0.15, 0.2) is 84.9 Å². The quantitative estimate of drug-likeness (QED) is 0.170. The standard InChI is InChI=1S/C38H47F3N4O4/c1-4-26(2)37(44-27(3)46)20-21-45(36(37)49)33(19-18-28-12-7-5-8-13-28)35(48)43-32(23-29-14-9-6-10-15-29)34(47)25-42-24-30-16-11-17-31(22-30)38(39,40)41/h5-17,22,26,32-34,42,47H,4,18-21,23-25H2,1-3H3,(H,43,48)(H,44,46)/t26-,32-,33-,34-,37-/m0/s1. The van der Waals surface area contributed by atoms with E-state index in [2.05, 4.69) is 16.0 Å². The summed E-state index contributed by atoms with van der Waals surface area (Å²) in [5.74, 6) is -1.20. The smallest absolute Gasteiger partial charge is 0.390 e. The number of carbonyl (C=O) groups is 3. The number of carbonyl (C=O) groups excluding carboxylic acids is 3. The summed E-state index contributed by atoms with van der Waals surface area (Å²) in [6.07, 6.45) is -3.45. The molecule has 4 rings (SSSR count). The third-order valence-corrected chi connectivity index (χ3v) is 9.50. The molecule has 264 valence electrons. The molecule has 4 N–H and O–H groups in total. The Kier molecular flexibility index (Phi) is 13.0. The van der Waals surface area contributed by atoms with Gasteiger partial charge in [-0.3, -0.25) is 14.4 Å². The summed E-state index contributed by atoms with van der Waals surface area (Å²) in [6, 6.07) is 22.3. The Morgan fingerprint density at radius 2 is 1.59 bits per heavy atom. The van der Waals surface area contributed by atoms with Gasteiger partial charge in [0.2, 0.25) is 17.7 Å². The van der Waals surface area contributed by atoms with Gasteiger partial charge >= 0.3 is 6.18 Å². The van der Waals surface area contributed by atoms with E-state index in [1.807, 2.05) is 74.5 Å². The van der Waals surface area contributed by atoms with Gasteiger partial charge in [0.15, 0.2) is 0 Å². The van der Waals surface area contributed by atoms with Gasteiger partial charge < -0.3 is 26.0 Å². The van der Waals surface area contributed by atoms with Gasteiger partial charge in [-0.2, -0.15) is 13.2 Å². The SMILES string of the molecule is CC[C@H](C)[C@@]1(NC(C)=O)CCN([C@@H](CCc2ccccc2)C(=O)N[C@@H](Cc2ccccc2)[C@@H](O)CNCc2cccc(C(F)(F)F)c2)C1=O. The van der Waals surface area contributed by atoms with Crippen molar-refractivity contribution in [2.75, 3.05) is 13.1 Å². The third kappa shape index (κ3) is 9.92. The minimum Gasteiger partial charge on any atom is -0.390 e. The molecule has 0 bridgehead atoms. The Balaban J connectivity index is 1.56. The van der Waals surface area contributed by atoms with Crippen LogP contribution in [0, 0.1) is 5.92 Å². The molecule has 11 heteroatoms. The molecule has 3 amide bonds. The molecule has 0 radical (unpaired) electrons. The fourth-order valence-electron chi connectivity index (χ4n) is 6.59. The second-order valence-electron chi connectivity index (χ2n) is 13.0. The van der Waals surface area contributed by atoms with Crippen molar-refractivity contribution in [3.63, 3.8) is 0 Å². The molecule has 1 aliphatic rings. The second-order valence-corrected chi connectivity index (χ2v) is 13.0. The van der Waals surface area contributed by atoms with Crippen LogP contribution in [0.1, 0.15) is 62.3 Å². The number of aliphatic hydroxyl groups excluding tert-OH is 1.